The van der Waals surface area contributed by atoms with E-state index in [1.165, 1.54) is 24.3 Å². The minimum absolute atomic E-state index is 0.220. The van der Waals surface area contributed by atoms with Crippen LogP contribution in [0.5, 0.6) is 0 Å². The molecule has 104 valence electrons. The van der Waals surface area contributed by atoms with Crippen LogP contribution in [0, 0.1) is 16.0 Å². The highest BCUT2D eigenvalue weighted by molar-refractivity contribution is 7.89. The van der Waals surface area contributed by atoms with Gasteiger partial charge in [0.2, 0.25) is 10.0 Å². The maximum atomic E-state index is 12.2. The fourth-order valence-corrected chi connectivity index (χ4v) is 3.39. The van der Waals surface area contributed by atoms with Crippen LogP contribution >= 0.6 is 0 Å². The van der Waals surface area contributed by atoms with E-state index in [0.29, 0.717) is 0 Å². The van der Waals surface area contributed by atoms with Crippen LogP contribution < -0.4 is 10.0 Å². The van der Waals surface area contributed by atoms with Crippen LogP contribution in [0.2, 0.25) is 0 Å². The van der Waals surface area contributed by atoms with Crippen molar-refractivity contribution in [3.05, 3.63) is 34.4 Å². The van der Waals surface area contributed by atoms with E-state index in [0.717, 1.165) is 13.1 Å². The quantitative estimate of drug-likeness (QED) is 0.605. The highest BCUT2D eigenvalue weighted by Crippen LogP contribution is 2.23. The van der Waals surface area contributed by atoms with E-state index >= 15 is 0 Å². The van der Waals surface area contributed by atoms with Gasteiger partial charge in [0.25, 0.3) is 5.69 Å². The van der Waals surface area contributed by atoms with Crippen molar-refractivity contribution in [2.75, 3.05) is 13.1 Å². The zero-order valence-electron chi connectivity index (χ0n) is 10.4. The van der Waals surface area contributed by atoms with Crippen LogP contribution in [0.4, 0.5) is 5.69 Å². The van der Waals surface area contributed by atoms with Gasteiger partial charge >= 0.3 is 0 Å². The molecule has 1 unspecified atom stereocenters. The number of rotatable bonds is 5. The average molecular weight is 285 g/mol. The molecule has 1 aliphatic heterocycles. The molecule has 1 saturated heterocycles. The zero-order valence-corrected chi connectivity index (χ0v) is 11.2. The van der Waals surface area contributed by atoms with Crippen LogP contribution in [0.3, 0.4) is 0 Å². The van der Waals surface area contributed by atoms with Gasteiger partial charge in [-0.1, -0.05) is 12.1 Å². The van der Waals surface area contributed by atoms with Gasteiger partial charge in [-0.3, -0.25) is 10.1 Å². The number of nitrogens with one attached hydrogen (secondary N) is 2. The molecule has 1 aromatic rings. The highest BCUT2D eigenvalue weighted by atomic mass is 32.2. The average Bonchev–Trinajstić information content (AvgIpc) is 2.25. The first-order valence-electron chi connectivity index (χ1n) is 5.88. The lowest BCUT2D eigenvalue weighted by molar-refractivity contribution is -0.387. The van der Waals surface area contributed by atoms with Crippen LogP contribution in [0.25, 0.3) is 0 Å². The summed E-state index contributed by atoms with van der Waals surface area (Å²) < 4.78 is 26.9. The molecule has 0 aromatic heterocycles. The van der Waals surface area contributed by atoms with Crippen molar-refractivity contribution in [1.82, 2.24) is 10.0 Å². The van der Waals surface area contributed by atoms with Crippen molar-refractivity contribution >= 4 is 15.7 Å². The lowest BCUT2D eigenvalue weighted by Crippen LogP contribution is -2.53. The Balaban J connectivity index is 2.26. The predicted octanol–water partition coefficient (Wildman–Crippen LogP) is 0.481. The van der Waals surface area contributed by atoms with Gasteiger partial charge in [-0.25, -0.2) is 13.1 Å². The number of para-hydroxylation sites is 1. The third-order valence-electron chi connectivity index (χ3n) is 3.21. The van der Waals surface area contributed by atoms with Gasteiger partial charge in [-0.15, -0.1) is 0 Å². The van der Waals surface area contributed by atoms with E-state index in [2.05, 4.69) is 10.0 Å². The molecule has 0 amide bonds. The second kappa shape index (κ2) is 5.24. The molecular weight excluding hydrogens is 270 g/mol. The number of benzene rings is 1. The van der Waals surface area contributed by atoms with E-state index in [1.807, 2.05) is 0 Å². The van der Waals surface area contributed by atoms with E-state index in [9.17, 15) is 18.5 Å². The fraction of sp³-hybridized carbons (Fsp3) is 0.455. The van der Waals surface area contributed by atoms with Crippen LogP contribution in [-0.4, -0.2) is 32.5 Å². The molecular formula is C11H15N3O4S. The molecule has 0 radical (unpaired) electrons. The van der Waals surface area contributed by atoms with Gasteiger partial charge in [0.15, 0.2) is 4.90 Å². The second-order valence-corrected chi connectivity index (χ2v) is 6.24. The van der Waals surface area contributed by atoms with E-state index in [4.69, 9.17) is 0 Å². The van der Waals surface area contributed by atoms with E-state index in [1.54, 1.807) is 6.92 Å². The number of hydrogen-bond donors (Lipinski definition) is 2. The highest BCUT2D eigenvalue weighted by Gasteiger charge is 2.31. The lowest BCUT2D eigenvalue weighted by Gasteiger charge is -2.32. The number of nitro groups is 1. The van der Waals surface area contributed by atoms with Gasteiger partial charge in [0, 0.05) is 25.2 Å². The van der Waals surface area contributed by atoms with Crippen molar-refractivity contribution in [3.63, 3.8) is 0 Å². The fourth-order valence-electron chi connectivity index (χ4n) is 1.90. The summed E-state index contributed by atoms with van der Waals surface area (Å²) in [4.78, 5) is 9.88. The van der Waals surface area contributed by atoms with Gasteiger partial charge in [0.05, 0.1) is 4.92 Å². The number of nitro benzene ring substituents is 1. The summed E-state index contributed by atoms with van der Waals surface area (Å²) in [5.41, 5.74) is -0.408. The minimum Gasteiger partial charge on any atom is -0.316 e. The number of nitrogens with zero attached hydrogens (tertiary/aromatic N) is 1. The maximum absolute atomic E-state index is 12.2. The van der Waals surface area contributed by atoms with Gasteiger partial charge < -0.3 is 5.32 Å². The van der Waals surface area contributed by atoms with Crippen molar-refractivity contribution < 1.29 is 13.3 Å². The van der Waals surface area contributed by atoms with Crippen LogP contribution in [-0.2, 0) is 10.0 Å². The summed E-state index contributed by atoms with van der Waals surface area (Å²) in [7, 11) is -3.88. The normalized spacial score (nSPS) is 17.7. The summed E-state index contributed by atoms with van der Waals surface area (Å²) in [6.07, 6.45) is 0. The lowest BCUT2D eigenvalue weighted by atomic mass is 9.96. The predicted molar refractivity (Wildman–Crippen MR) is 69.2 cm³/mol. The molecule has 1 heterocycles. The molecule has 7 nitrogen and oxygen atoms in total. The molecule has 2 N–H and O–H groups in total. The molecule has 2 rings (SSSR count). The van der Waals surface area contributed by atoms with E-state index < -0.39 is 20.6 Å². The summed E-state index contributed by atoms with van der Waals surface area (Å²) >= 11 is 0. The Morgan fingerprint density at radius 2 is 2.05 bits per heavy atom. The molecule has 19 heavy (non-hydrogen) atoms. The molecule has 0 spiro atoms. The molecule has 1 aromatic carbocycles. The Morgan fingerprint density at radius 3 is 2.58 bits per heavy atom. The molecule has 1 fully saturated rings. The molecule has 8 heteroatoms. The van der Waals surface area contributed by atoms with Crippen LogP contribution in [0.15, 0.2) is 29.2 Å². The van der Waals surface area contributed by atoms with Gasteiger partial charge in [0.1, 0.15) is 0 Å². The van der Waals surface area contributed by atoms with Crippen molar-refractivity contribution in [2.24, 2.45) is 5.92 Å². The summed E-state index contributed by atoms with van der Waals surface area (Å²) in [5, 5.41) is 13.9. The van der Waals surface area contributed by atoms with Crippen molar-refractivity contribution in [3.8, 4) is 0 Å². The van der Waals surface area contributed by atoms with Crippen molar-refractivity contribution in [1.29, 1.82) is 0 Å². The first-order chi connectivity index (χ1) is 8.92. The Hall–Kier alpha value is -1.51. The Bertz CT molecular complexity index is 583. The van der Waals surface area contributed by atoms with E-state index in [-0.39, 0.29) is 16.9 Å². The van der Waals surface area contributed by atoms with Gasteiger partial charge in [-0.2, -0.15) is 0 Å². The zero-order chi connectivity index (χ0) is 14.0. The smallest absolute Gasteiger partial charge is 0.289 e. The Kier molecular flexibility index (Phi) is 3.83. The Morgan fingerprint density at radius 1 is 1.42 bits per heavy atom. The number of sulfonamides is 1. The summed E-state index contributed by atoms with van der Waals surface area (Å²) in [5.74, 6) is 0.220. The van der Waals surface area contributed by atoms with Crippen molar-refractivity contribution in [2.45, 2.75) is 17.9 Å². The maximum Gasteiger partial charge on any atom is 0.289 e. The topological polar surface area (TPSA) is 101 Å². The Labute approximate surface area is 111 Å². The third kappa shape index (κ3) is 2.91. The molecule has 1 atom stereocenters. The SMILES string of the molecule is CC(NS(=O)(=O)c1ccccc1[N+](=O)[O-])C1CNC1. The number of hydrogen-bond acceptors (Lipinski definition) is 5. The molecule has 0 saturated carbocycles. The monoisotopic (exact) mass is 285 g/mol. The van der Waals surface area contributed by atoms with Crippen LogP contribution in [0.1, 0.15) is 6.92 Å². The standard InChI is InChI=1S/C11H15N3O4S/c1-8(9-6-12-7-9)13-19(17,18)11-5-3-2-4-10(11)14(15)16/h2-5,8-9,12-13H,6-7H2,1H3. The minimum atomic E-state index is -3.88. The summed E-state index contributed by atoms with van der Waals surface area (Å²) in [6.45, 7) is 3.26. The third-order valence-corrected chi connectivity index (χ3v) is 4.82. The second-order valence-electron chi connectivity index (χ2n) is 4.55. The summed E-state index contributed by atoms with van der Waals surface area (Å²) in [6, 6.07) is 5.08. The molecule has 1 aliphatic rings. The van der Waals surface area contributed by atoms with Gasteiger partial charge in [-0.05, 0) is 18.9 Å². The first-order valence-corrected chi connectivity index (χ1v) is 7.36. The first kappa shape index (κ1) is 13.9. The molecule has 0 aliphatic carbocycles. The molecule has 0 bridgehead atoms. The largest absolute Gasteiger partial charge is 0.316 e.